The maximum absolute atomic E-state index is 12.9. The van der Waals surface area contributed by atoms with E-state index >= 15 is 0 Å². The van der Waals surface area contributed by atoms with Crippen molar-refractivity contribution in [1.29, 1.82) is 0 Å². The second-order valence-electron chi connectivity index (χ2n) is 6.42. The fourth-order valence-corrected chi connectivity index (χ4v) is 4.41. The van der Waals surface area contributed by atoms with Gasteiger partial charge in [0.05, 0.1) is 24.5 Å². The van der Waals surface area contributed by atoms with Crippen LogP contribution in [0.5, 0.6) is 0 Å². The van der Waals surface area contributed by atoms with E-state index in [0.717, 1.165) is 10.6 Å². The van der Waals surface area contributed by atoms with Crippen LogP contribution in [0, 0.1) is 5.92 Å². The smallest absolute Gasteiger partial charge is 0.309 e. The van der Waals surface area contributed by atoms with Crippen molar-refractivity contribution < 1.29 is 22.7 Å². The largest absolute Gasteiger partial charge is 0.466 e. The van der Waals surface area contributed by atoms with Gasteiger partial charge in [0.25, 0.3) is 0 Å². The molecule has 0 bridgehead atoms. The van der Waals surface area contributed by atoms with Gasteiger partial charge in [-0.05, 0) is 38.8 Å². The predicted molar refractivity (Wildman–Crippen MR) is 99.2 cm³/mol. The Labute approximate surface area is 155 Å². The van der Waals surface area contributed by atoms with E-state index in [0.29, 0.717) is 38.2 Å². The summed E-state index contributed by atoms with van der Waals surface area (Å²) in [6, 6.07) is 7.73. The van der Waals surface area contributed by atoms with E-state index < -0.39 is 16.1 Å². The molecule has 26 heavy (non-hydrogen) atoms. The fourth-order valence-electron chi connectivity index (χ4n) is 3.24. The Morgan fingerprint density at radius 3 is 2.31 bits per heavy atom. The van der Waals surface area contributed by atoms with Crippen molar-refractivity contribution >= 4 is 27.6 Å². The van der Waals surface area contributed by atoms with Crippen LogP contribution in [0.2, 0.25) is 0 Å². The van der Waals surface area contributed by atoms with Crippen molar-refractivity contribution in [1.82, 2.24) is 4.90 Å². The van der Waals surface area contributed by atoms with Crippen LogP contribution < -0.4 is 4.31 Å². The molecule has 0 aromatic heterocycles. The third kappa shape index (κ3) is 4.75. The maximum Gasteiger partial charge on any atom is 0.309 e. The Morgan fingerprint density at radius 1 is 1.23 bits per heavy atom. The zero-order valence-electron chi connectivity index (χ0n) is 15.4. The first kappa shape index (κ1) is 20.2. The van der Waals surface area contributed by atoms with E-state index in [-0.39, 0.29) is 17.8 Å². The summed E-state index contributed by atoms with van der Waals surface area (Å²) in [5, 5.41) is 0. The van der Waals surface area contributed by atoms with Crippen molar-refractivity contribution in [2.24, 2.45) is 5.92 Å². The van der Waals surface area contributed by atoms with E-state index in [1.165, 1.54) is 0 Å². The first-order valence-corrected chi connectivity index (χ1v) is 10.6. The van der Waals surface area contributed by atoms with Crippen LogP contribution in [0.3, 0.4) is 0 Å². The van der Waals surface area contributed by atoms with E-state index in [9.17, 15) is 18.0 Å². The molecule has 1 amide bonds. The minimum atomic E-state index is -3.62. The molecule has 144 valence electrons. The van der Waals surface area contributed by atoms with Crippen LogP contribution in [0.1, 0.15) is 26.7 Å². The van der Waals surface area contributed by atoms with Gasteiger partial charge < -0.3 is 9.64 Å². The van der Waals surface area contributed by atoms with Crippen LogP contribution in [0.15, 0.2) is 30.3 Å². The molecule has 0 unspecified atom stereocenters. The van der Waals surface area contributed by atoms with Gasteiger partial charge in [-0.3, -0.25) is 13.9 Å². The number of likely N-dealkylation sites (tertiary alicyclic amines) is 1. The molecule has 2 rings (SSSR count). The lowest BCUT2D eigenvalue weighted by atomic mass is 9.96. The molecule has 0 spiro atoms. The number of para-hydroxylation sites is 1. The van der Waals surface area contributed by atoms with Gasteiger partial charge in [0.15, 0.2) is 0 Å². The summed E-state index contributed by atoms with van der Waals surface area (Å²) in [7, 11) is -3.62. The number of hydrogen-bond acceptors (Lipinski definition) is 5. The minimum absolute atomic E-state index is 0.200. The standard InChI is InChI=1S/C18H26N2O5S/c1-4-25-18(22)15-10-12-19(13-11-15)17(21)14(2)20(26(3,23)24)16-8-6-5-7-9-16/h5-9,14-15H,4,10-13H2,1-3H3/t14-/m1/s1. The molecule has 1 saturated heterocycles. The van der Waals surface area contributed by atoms with Gasteiger partial charge in [0.2, 0.25) is 15.9 Å². The molecule has 0 radical (unpaired) electrons. The average molecular weight is 382 g/mol. The Hall–Kier alpha value is -2.09. The van der Waals surface area contributed by atoms with Crippen LogP contribution >= 0.6 is 0 Å². The quantitative estimate of drug-likeness (QED) is 0.699. The normalized spacial score (nSPS) is 16.8. The molecule has 1 aliphatic rings. The number of anilines is 1. The first-order chi connectivity index (χ1) is 12.3. The van der Waals surface area contributed by atoms with Gasteiger partial charge in [0, 0.05) is 13.1 Å². The molecule has 1 aromatic carbocycles. The van der Waals surface area contributed by atoms with Crippen molar-refractivity contribution in [3.05, 3.63) is 30.3 Å². The lowest BCUT2D eigenvalue weighted by molar-refractivity contribution is -0.151. The Morgan fingerprint density at radius 2 is 1.81 bits per heavy atom. The van der Waals surface area contributed by atoms with Gasteiger partial charge >= 0.3 is 5.97 Å². The minimum Gasteiger partial charge on any atom is -0.466 e. The molecule has 1 heterocycles. The van der Waals surface area contributed by atoms with Crippen LogP contribution in [-0.2, 0) is 24.3 Å². The second kappa shape index (κ2) is 8.53. The summed E-state index contributed by atoms with van der Waals surface area (Å²) in [5.41, 5.74) is 0.456. The summed E-state index contributed by atoms with van der Waals surface area (Å²) in [6.07, 6.45) is 2.15. The molecule has 8 heteroatoms. The molecule has 0 saturated carbocycles. The Balaban J connectivity index is 2.09. The molecular formula is C18H26N2O5S. The Kier molecular flexibility index (Phi) is 6.63. The molecule has 1 atom stereocenters. The summed E-state index contributed by atoms with van der Waals surface area (Å²) < 4.78 is 30.7. The molecule has 1 aliphatic heterocycles. The van der Waals surface area contributed by atoms with E-state index in [4.69, 9.17) is 4.74 Å². The number of amides is 1. The lowest BCUT2D eigenvalue weighted by Gasteiger charge is -2.36. The van der Waals surface area contributed by atoms with Gasteiger partial charge in [-0.15, -0.1) is 0 Å². The number of sulfonamides is 1. The molecule has 0 N–H and O–H groups in total. The highest BCUT2D eigenvalue weighted by Gasteiger charge is 2.35. The van der Waals surface area contributed by atoms with Gasteiger partial charge in [-0.25, -0.2) is 8.42 Å². The van der Waals surface area contributed by atoms with Crippen molar-refractivity contribution in [3.8, 4) is 0 Å². The number of carbonyl (C=O) groups excluding carboxylic acids is 2. The summed E-state index contributed by atoms with van der Waals surface area (Å²) in [5.74, 6) is -0.689. The highest BCUT2D eigenvalue weighted by molar-refractivity contribution is 7.92. The summed E-state index contributed by atoms with van der Waals surface area (Å²) in [4.78, 5) is 26.3. The third-order valence-corrected chi connectivity index (χ3v) is 5.75. The Bertz CT molecular complexity index is 727. The fraction of sp³-hybridized carbons (Fsp3) is 0.556. The third-order valence-electron chi connectivity index (χ3n) is 4.50. The molecule has 1 aromatic rings. The van der Waals surface area contributed by atoms with Crippen LogP contribution in [0.4, 0.5) is 5.69 Å². The van der Waals surface area contributed by atoms with Crippen LogP contribution in [-0.4, -0.2) is 57.2 Å². The number of ether oxygens (including phenoxy) is 1. The molecule has 7 nitrogen and oxygen atoms in total. The number of hydrogen-bond donors (Lipinski definition) is 0. The SMILES string of the molecule is CCOC(=O)C1CCN(C(=O)[C@@H](C)N(c2ccccc2)S(C)(=O)=O)CC1. The number of piperidine rings is 1. The first-order valence-electron chi connectivity index (χ1n) is 8.75. The van der Waals surface area contributed by atoms with E-state index in [1.807, 2.05) is 0 Å². The number of esters is 1. The van der Waals surface area contributed by atoms with E-state index in [1.54, 1.807) is 49.1 Å². The highest BCUT2D eigenvalue weighted by Crippen LogP contribution is 2.24. The van der Waals surface area contributed by atoms with Crippen LogP contribution in [0.25, 0.3) is 0 Å². The topological polar surface area (TPSA) is 84.0 Å². The number of rotatable bonds is 6. The summed E-state index contributed by atoms with van der Waals surface area (Å²) >= 11 is 0. The van der Waals surface area contributed by atoms with Crippen molar-refractivity contribution in [2.75, 3.05) is 30.3 Å². The predicted octanol–water partition coefficient (Wildman–Crippen LogP) is 1.64. The molecule has 0 aliphatic carbocycles. The zero-order chi connectivity index (χ0) is 19.3. The van der Waals surface area contributed by atoms with E-state index in [2.05, 4.69) is 0 Å². The van der Waals surface area contributed by atoms with Crippen molar-refractivity contribution in [2.45, 2.75) is 32.7 Å². The highest BCUT2D eigenvalue weighted by atomic mass is 32.2. The second-order valence-corrected chi connectivity index (χ2v) is 8.28. The van der Waals surface area contributed by atoms with Crippen molar-refractivity contribution in [3.63, 3.8) is 0 Å². The molecular weight excluding hydrogens is 356 g/mol. The lowest BCUT2D eigenvalue weighted by Crippen LogP contribution is -2.51. The number of nitrogens with zero attached hydrogens (tertiary/aromatic N) is 2. The number of benzene rings is 1. The van der Waals surface area contributed by atoms with Gasteiger partial charge in [0.1, 0.15) is 6.04 Å². The monoisotopic (exact) mass is 382 g/mol. The van der Waals surface area contributed by atoms with Gasteiger partial charge in [-0.2, -0.15) is 0 Å². The number of carbonyl (C=O) groups is 2. The summed E-state index contributed by atoms with van der Waals surface area (Å²) in [6.45, 7) is 4.53. The maximum atomic E-state index is 12.9. The average Bonchev–Trinajstić information content (AvgIpc) is 2.61. The zero-order valence-corrected chi connectivity index (χ0v) is 16.2. The molecule has 1 fully saturated rings. The van der Waals surface area contributed by atoms with Gasteiger partial charge in [-0.1, -0.05) is 18.2 Å².